The van der Waals surface area contributed by atoms with Gasteiger partial charge >= 0.3 is 0 Å². The molecule has 2 aliphatic carbocycles. The third-order valence-corrected chi connectivity index (χ3v) is 6.32. The summed E-state index contributed by atoms with van der Waals surface area (Å²) in [5.74, 6) is -0.213. The summed E-state index contributed by atoms with van der Waals surface area (Å²) in [6.45, 7) is 0. The minimum absolute atomic E-state index is 0.00524. The Bertz CT molecular complexity index is 1130. The maximum Gasteiger partial charge on any atom is 0.273 e. The van der Waals surface area contributed by atoms with E-state index in [1.165, 1.54) is 11.0 Å². The lowest BCUT2D eigenvalue weighted by Gasteiger charge is -2.30. The number of para-hydroxylation sites is 1. The van der Waals surface area contributed by atoms with Gasteiger partial charge in [0, 0.05) is 12.1 Å². The van der Waals surface area contributed by atoms with Gasteiger partial charge in [-0.3, -0.25) is 9.59 Å². The number of carbonyl (C=O) groups excluding carboxylic acids is 1. The van der Waals surface area contributed by atoms with E-state index in [1.807, 2.05) is 30.3 Å². The van der Waals surface area contributed by atoms with Crippen molar-refractivity contribution in [3.05, 3.63) is 69.9 Å². The van der Waals surface area contributed by atoms with Crippen molar-refractivity contribution in [2.45, 2.75) is 63.5 Å². The maximum absolute atomic E-state index is 12.6. The van der Waals surface area contributed by atoms with E-state index in [0.717, 1.165) is 68.3 Å². The summed E-state index contributed by atoms with van der Waals surface area (Å²) >= 11 is 0. The largest absolute Gasteiger partial charge is 0.348 e. The van der Waals surface area contributed by atoms with Gasteiger partial charge in [0.05, 0.1) is 23.6 Å². The molecule has 1 N–H and O–H groups in total. The van der Waals surface area contributed by atoms with Crippen molar-refractivity contribution in [3.8, 4) is 5.69 Å². The number of amides is 1. The fourth-order valence-corrected chi connectivity index (χ4v) is 4.62. The van der Waals surface area contributed by atoms with E-state index in [4.69, 9.17) is 5.10 Å². The zero-order valence-electron chi connectivity index (χ0n) is 17.4. The van der Waals surface area contributed by atoms with Gasteiger partial charge in [-0.1, -0.05) is 18.2 Å². The molecule has 1 saturated carbocycles. The normalized spacial score (nSPS) is 20.8. The van der Waals surface area contributed by atoms with E-state index in [9.17, 15) is 9.59 Å². The first-order valence-corrected chi connectivity index (χ1v) is 11.1. The molecule has 8 nitrogen and oxygen atoms in total. The molecule has 8 heteroatoms. The van der Waals surface area contributed by atoms with Crippen LogP contribution in [0.15, 0.2) is 47.4 Å². The van der Waals surface area contributed by atoms with Crippen molar-refractivity contribution >= 4 is 5.91 Å². The van der Waals surface area contributed by atoms with Gasteiger partial charge in [-0.15, -0.1) is 5.10 Å². The molecule has 0 saturated heterocycles. The van der Waals surface area contributed by atoms with Crippen molar-refractivity contribution in [2.24, 2.45) is 0 Å². The fourth-order valence-electron chi connectivity index (χ4n) is 4.62. The smallest absolute Gasteiger partial charge is 0.273 e. The van der Waals surface area contributed by atoms with Crippen LogP contribution in [-0.4, -0.2) is 36.7 Å². The Kier molecular flexibility index (Phi) is 5.36. The predicted molar refractivity (Wildman–Crippen MR) is 115 cm³/mol. The number of rotatable bonds is 4. The van der Waals surface area contributed by atoms with Crippen molar-refractivity contribution in [3.63, 3.8) is 0 Å². The van der Waals surface area contributed by atoms with Gasteiger partial charge in [-0.25, -0.2) is 4.68 Å². The molecule has 31 heavy (non-hydrogen) atoms. The van der Waals surface area contributed by atoms with Crippen molar-refractivity contribution in [1.82, 2.24) is 30.1 Å². The highest BCUT2D eigenvalue weighted by atomic mass is 16.2. The summed E-state index contributed by atoms with van der Waals surface area (Å²) in [6, 6.07) is 11.5. The highest BCUT2D eigenvalue weighted by Gasteiger charge is 2.26. The highest BCUT2D eigenvalue weighted by molar-refractivity contribution is 5.92. The molecule has 1 aromatic carbocycles. The topological polar surface area (TPSA) is 94.7 Å². The van der Waals surface area contributed by atoms with Gasteiger partial charge in [0.25, 0.3) is 11.5 Å². The Morgan fingerprint density at radius 1 is 1.00 bits per heavy atom. The molecule has 0 radical (unpaired) electrons. The number of nitrogens with one attached hydrogen (secondary N) is 1. The fraction of sp³-hybridized carbons (Fsp3) is 0.435. The number of aromatic nitrogens is 5. The Labute approximate surface area is 180 Å². The number of nitrogens with zero attached hydrogens (tertiary/aromatic N) is 5. The second kappa shape index (κ2) is 8.45. The average molecular weight is 419 g/mol. The van der Waals surface area contributed by atoms with Crippen LogP contribution in [0.1, 0.15) is 66.3 Å². The Hall–Kier alpha value is -3.29. The summed E-state index contributed by atoms with van der Waals surface area (Å²) in [4.78, 5) is 26.7. The van der Waals surface area contributed by atoms with Gasteiger partial charge in [0.15, 0.2) is 5.69 Å². The van der Waals surface area contributed by atoms with Crippen LogP contribution in [0.4, 0.5) is 0 Å². The summed E-state index contributed by atoms with van der Waals surface area (Å²) in [5, 5.41) is 16.3. The standard InChI is InChI=1S/C23H26N6O2/c30-22-14-16-6-4-5-9-20(16)26-28(22)18-12-10-17(11-13-18)25-23(31)21-15-24-29(27-21)19-7-2-1-3-8-19/h1-3,7-8,14-15,17-18H,4-6,9-13H2,(H,25,31). The van der Waals surface area contributed by atoms with E-state index in [-0.39, 0.29) is 23.6 Å². The summed E-state index contributed by atoms with van der Waals surface area (Å²) in [7, 11) is 0. The molecule has 5 rings (SSSR count). The lowest BCUT2D eigenvalue weighted by atomic mass is 9.91. The number of benzene rings is 1. The van der Waals surface area contributed by atoms with Crippen LogP contribution in [0.25, 0.3) is 5.69 Å². The number of aryl methyl sites for hydroxylation is 2. The second-order valence-electron chi connectivity index (χ2n) is 8.44. The van der Waals surface area contributed by atoms with E-state index in [2.05, 4.69) is 15.5 Å². The molecule has 2 aromatic heterocycles. The monoisotopic (exact) mass is 418 g/mol. The van der Waals surface area contributed by atoms with Crippen LogP contribution >= 0.6 is 0 Å². The van der Waals surface area contributed by atoms with Crippen molar-refractivity contribution < 1.29 is 4.79 Å². The molecule has 2 aliphatic rings. The molecular formula is C23H26N6O2. The van der Waals surface area contributed by atoms with Gasteiger partial charge in [0.2, 0.25) is 0 Å². The van der Waals surface area contributed by atoms with Crippen molar-refractivity contribution in [1.29, 1.82) is 0 Å². The summed E-state index contributed by atoms with van der Waals surface area (Å²) in [6.07, 6.45) is 8.98. The first-order valence-electron chi connectivity index (χ1n) is 11.1. The molecule has 0 spiro atoms. The first kappa shape index (κ1) is 19.7. The van der Waals surface area contributed by atoms with Gasteiger partial charge in [-0.05, 0) is 69.1 Å². The van der Waals surface area contributed by atoms with E-state index < -0.39 is 0 Å². The summed E-state index contributed by atoms with van der Waals surface area (Å²) < 4.78 is 1.69. The first-order chi connectivity index (χ1) is 15.2. The van der Waals surface area contributed by atoms with E-state index >= 15 is 0 Å². The quantitative estimate of drug-likeness (QED) is 0.703. The van der Waals surface area contributed by atoms with Crippen molar-refractivity contribution in [2.75, 3.05) is 0 Å². The molecule has 2 heterocycles. The molecule has 1 amide bonds. The minimum atomic E-state index is -0.213. The van der Waals surface area contributed by atoms with Gasteiger partial charge in [0.1, 0.15) is 0 Å². The predicted octanol–water partition coefficient (Wildman–Crippen LogP) is 2.62. The van der Waals surface area contributed by atoms with Gasteiger partial charge < -0.3 is 5.32 Å². The van der Waals surface area contributed by atoms with E-state index in [0.29, 0.717) is 5.69 Å². The SMILES string of the molecule is O=C(NC1CCC(n2nc3c(cc2=O)CCCC3)CC1)c1cnn(-c2ccccc2)n1. The van der Waals surface area contributed by atoms with E-state index in [1.54, 1.807) is 10.7 Å². The zero-order chi connectivity index (χ0) is 21.2. The van der Waals surface area contributed by atoms with Crippen LogP contribution in [0.5, 0.6) is 0 Å². The molecule has 160 valence electrons. The Balaban J connectivity index is 1.20. The molecule has 3 aromatic rings. The van der Waals surface area contributed by atoms with Crippen LogP contribution in [-0.2, 0) is 12.8 Å². The van der Waals surface area contributed by atoms with Crippen LogP contribution < -0.4 is 10.9 Å². The average Bonchev–Trinajstić information content (AvgIpc) is 3.30. The van der Waals surface area contributed by atoms with Crippen LogP contribution in [0.2, 0.25) is 0 Å². The molecule has 0 unspecified atom stereocenters. The number of hydrogen-bond donors (Lipinski definition) is 1. The molecule has 1 fully saturated rings. The third-order valence-electron chi connectivity index (χ3n) is 6.32. The Morgan fingerprint density at radius 2 is 1.77 bits per heavy atom. The molecule has 0 bridgehead atoms. The maximum atomic E-state index is 12.6. The summed E-state index contributed by atoms with van der Waals surface area (Å²) in [5.41, 5.74) is 3.33. The number of hydrogen-bond acceptors (Lipinski definition) is 5. The molecule has 0 atom stereocenters. The third kappa shape index (κ3) is 4.15. The zero-order valence-corrected chi connectivity index (χ0v) is 17.4. The van der Waals surface area contributed by atoms with Crippen LogP contribution in [0.3, 0.4) is 0 Å². The lowest BCUT2D eigenvalue weighted by molar-refractivity contribution is 0.0915. The second-order valence-corrected chi connectivity index (χ2v) is 8.44. The number of fused-ring (bicyclic) bond motifs is 1. The Morgan fingerprint density at radius 3 is 2.58 bits per heavy atom. The minimum Gasteiger partial charge on any atom is -0.348 e. The number of carbonyl (C=O) groups is 1. The lowest BCUT2D eigenvalue weighted by Crippen LogP contribution is -2.40. The molecule has 0 aliphatic heterocycles. The van der Waals surface area contributed by atoms with Crippen LogP contribution in [0, 0.1) is 0 Å². The highest BCUT2D eigenvalue weighted by Crippen LogP contribution is 2.28. The van der Waals surface area contributed by atoms with Gasteiger partial charge in [-0.2, -0.15) is 15.0 Å². The molecular weight excluding hydrogens is 392 g/mol.